The second kappa shape index (κ2) is 13.5. The van der Waals surface area contributed by atoms with Crippen LogP contribution in [0.4, 0.5) is 0 Å². The number of hydrogen-bond acceptors (Lipinski definition) is 3. The molecule has 196 valence electrons. The number of amides is 2. The van der Waals surface area contributed by atoms with Crippen molar-refractivity contribution in [3.63, 3.8) is 0 Å². The minimum Gasteiger partial charge on any atom is -0.483 e. The van der Waals surface area contributed by atoms with Gasteiger partial charge in [0.05, 0.1) is 0 Å². The standard InChI is InChI=1S/C30H34Cl2N2O3/c1-5-22(4)33-30(36)27(17-23-10-7-6-8-11-23)34(18-24-25(31)12-9-13-26(24)32)29(35)19-37-28-15-14-20(2)16-21(28)3/h6-16,22,27H,5,17-19H2,1-4H3,(H,33,36)/t22-,27-/m1/s1. The van der Waals surface area contributed by atoms with Crippen molar-refractivity contribution in [1.29, 1.82) is 0 Å². The third-order valence-electron chi connectivity index (χ3n) is 6.34. The van der Waals surface area contributed by atoms with E-state index < -0.39 is 6.04 Å². The highest BCUT2D eigenvalue weighted by atomic mass is 35.5. The van der Waals surface area contributed by atoms with Gasteiger partial charge in [0.15, 0.2) is 6.61 Å². The lowest BCUT2D eigenvalue weighted by Crippen LogP contribution is -2.53. The van der Waals surface area contributed by atoms with Gasteiger partial charge in [0.2, 0.25) is 5.91 Å². The zero-order chi connectivity index (χ0) is 26.9. The molecule has 0 aliphatic rings. The Labute approximate surface area is 229 Å². The van der Waals surface area contributed by atoms with Gasteiger partial charge >= 0.3 is 0 Å². The number of benzene rings is 3. The molecule has 0 heterocycles. The van der Waals surface area contributed by atoms with E-state index in [9.17, 15) is 9.59 Å². The highest BCUT2D eigenvalue weighted by molar-refractivity contribution is 6.36. The average Bonchev–Trinajstić information content (AvgIpc) is 2.87. The molecule has 0 aliphatic heterocycles. The molecule has 3 aromatic rings. The summed E-state index contributed by atoms with van der Waals surface area (Å²) in [6, 6.07) is 19.8. The molecule has 7 heteroatoms. The van der Waals surface area contributed by atoms with Crippen molar-refractivity contribution in [3.8, 4) is 5.75 Å². The van der Waals surface area contributed by atoms with E-state index in [-0.39, 0.29) is 31.0 Å². The SMILES string of the molecule is CC[C@@H](C)NC(=O)[C@@H](Cc1ccccc1)N(Cc1c(Cl)cccc1Cl)C(=O)COc1ccc(C)cc1C. The van der Waals surface area contributed by atoms with Crippen LogP contribution in [0.15, 0.2) is 66.7 Å². The van der Waals surface area contributed by atoms with E-state index in [1.165, 1.54) is 4.90 Å². The minimum atomic E-state index is -0.793. The maximum atomic E-state index is 13.7. The van der Waals surface area contributed by atoms with Crippen molar-refractivity contribution in [2.24, 2.45) is 0 Å². The van der Waals surface area contributed by atoms with Crippen molar-refractivity contribution in [2.75, 3.05) is 6.61 Å². The van der Waals surface area contributed by atoms with E-state index in [1.54, 1.807) is 18.2 Å². The summed E-state index contributed by atoms with van der Waals surface area (Å²) in [6.45, 7) is 7.72. The summed E-state index contributed by atoms with van der Waals surface area (Å²) in [7, 11) is 0. The second-order valence-electron chi connectivity index (χ2n) is 9.30. The molecule has 3 rings (SSSR count). The summed E-state index contributed by atoms with van der Waals surface area (Å²) in [5.41, 5.74) is 3.56. The van der Waals surface area contributed by atoms with Crippen LogP contribution in [0.2, 0.25) is 10.0 Å². The van der Waals surface area contributed by atoms with Gasteiger partial charge in [0, 0.05) is 34.6 Å². The summed E-state index contributed by atoms with van der Waals surface area (Å²) < 4.78 is 5.93. The van der Waals surface area contributed by atoms with Crippen LogP contribution in [0.1, 0.15) is 42.5 Å². The van der Waals surface area contributed by atoms with Crippen LogP contribution < -0.4 is 10.1 Å². The van der Waals surface area contributed by atoms with Crippen LogP contribution in [-0.2, 0) is 22.6 Å². The van der Waals surface area contributed by atoms with Gasteiger partial charge in [-0.05, 0) is 56.5 Å². The minimum absolute atomic E-state index is 0.0434. The smallest absolute Gasteiger partial charge is 0.261 e. The average molecular weight is 542 g/mol. The van der Waals surface area contributed by atoms with Crippen LogP contribution in [0.3, 0.4) is 0 Å². The zero-order valence-electron chi connectivity index (χ0n) is 21.8. The number of nitrogens with zero attached hydrogens (tertiary/aromatic N) is 1. The first-order valence-corrected chi connectivity index (χ1v) is 13.2. The van der Waals surface area contributed by atoms with Gasteiger partial charge in [-0.15, -0.1) is 0 Å². The molecular weight excluding hydrogens is 507 g/mol. The van der Waals surface area contributed by atoms with Gasteiger partial charge in [-0.25, -0.2) is 0 Å². The Kier molecular flexibility index (Phi) is 10.4. The Morgan fingerprint density at radius 2 is 1.65 bits per heavy atom. The molecule has 0 aliphatic carbocycles. The summed E-state index contributed by atoms with van der Waals surface area (Å²) in [5.74, 6) is 0.0516. The van der Waals surface area contributed by atoms with Crippen molar-refractivity contribution in [1.82, 2.24) is 10.2 Å². The largest absolute Gasteiger partial charge is 0.483 e. The molecule has 0 saturated carbocycles. The molecule has 0 saturated heterocycles. The van der Waals surface area contributed by atoms with Gasteiger partial charge in [-0.3, -0.25) is 9.59 Å². The summed E-state index contributed by atoms with van der Waals surface area (Å²) in [4.78, 5) is 28.9. The van der Waals surface area contributed by atoms with Gasteiger partial charge in [0.1, 0.15) is 11.8 Å². The maximum Gasteiger partial charge on any atom is 0.261 e. The first-order valence-electron chi connectivity index (χ1n) is 12.5. The van der Waals surface area contributed by atoms with Crippen LogP contribution in [0.25, 0.3) is 0 Å². The number of carbonyl (C=O) groups excluding carboxylic acids is 2. The van der Waals surface area contributed by atoms with E-state index >= 15 is 0 Å². The molecule has 0 bridgehead atoms. The van der Waals surface area contributed by atoms with E-state index in [1.807, 2.05) is 76.2 Å². The Balaban J connectivity index is 1.97. The lowest BCUT2D eigenvalue weighted by atomic mass is 10.0. The number of ether oxygens (including phenoxy) is 1. The Hall–Kier alpha value is -3.02. The third kappa shape index (κ3) is 7.98. The van der Waals surface area contributed by atoms with Crippen LogP contribution >= 0.6 is 23.2 Å². The van der Waals surface area contributed by atoms with E-state index in [0.717, 1.165) is 23.1 Å². The third-order valence-corrected chi connectivity index (χ3v) is 7.05. The van der Waals surface area contributed by atoms with Gasteiger partial charge in [-0.2, -0.15) is 0 Å². The molecule has 5 nitrogen and oxygen atoms in total. The van der Waals surface area contributed by atoms with Gasteiger partial charge in [0.25, 0.3) is 5.91 Å². The number of rotatable bonds is 11. The molecule has 2 atom stereocenters. The van der Waals surface area contributed by atoms with Gasteiger partial charge < -0.3 is 15.0 Å². The molecule has 0 radical (unpaired) electrons. The van der Waals surface area contributed by atoms with Crippen molar-refractivity contribution in [2.45, 2.75) is 59.2 Å². The fourth-order valence-electron chi connectivity index (χ4n) is 4.03. The predicted molar refractivity (Wildman–Crippen MR) is 150 cm³/mol. The van der Waals surface area contributed by atoms with E-state index in [2.05, 4.69) is 5.32 Å². The lowest BCUT2D eigenvalue weighted by molar-refractivity contribution is -0.143. The molecule has 2 amide bonds. The Morgan fingerprint density at radius 3 is 2.27 bits per heavy atom. The topological polar surface area (TPSA) is 58.6 Å². The quantitative estimate of drug-likeness (QED) is 0.300. The normalized spacial score (nSPS) is 12.5. The fraction of sp³-hybridized carbons (Fsp3) is 0.333. The molecule has 37 heavy (non-hydrogen) atoms. The first-order chi connectivity index (χ1) is 17.7. The zero-order valence-corrected chi connectivity index (χ0v) is 23.3. The Morgan fingerprint density at radius 1 is 0.973 bits per heavy atom. The molecule has 0 fully saturated rings. The van der Waals surface area contributed by atoms with Gasteiger partial charge in [-0.1, -0.05) is 84.2 Å². The Bertz CT molecular complexity index is 1200. The molecule has 3 aromatic carbocycles. The molecule has 0 aromatic heterocycles. The molecular formula is C30H34Cl2N2O3. The van der Waals surface area contributed by atoms with Crippen molar-refractivity contribution in [3.05, 3.63) is 99.0 Å². The lowest BCUT2D eigenvalue weighted by Gasteiger charge is -2.32. The second-order valence-corrected chi connectivity index (χ2v) is 10.1. The van der Waals surface area contributed by atoms with E-state index in [4.69, 9.17) is 27.9 Å². The van der Waals surface area contributed by atoms with Crippen LogP contribution in [0, 0.1) is 13.8 Å². The highest BCUT2D eigenvalue weighted by Crippen LogP contribution is 2.27. The fourth-order valence-corrected chi connectivity index (χ4v) is 4.55. The molecule has 1 N–H and O–H groups in total. The van der Waals surface area contributed by atoms with Crippen LogP contribution in [-0.4, -0.2) is 35.4 Å². The summed E-state index contributed by atoms with van der Waals surface area (Å²) >= 11 is 13.0. The first kappa shape index (κ1) is 28.5. The van der Waals surface area contributed by atoms with E-state index in [0.29, 0.717) is 27.8 Å². The number of nitrogens with one attached hydrogen (secondary N) is 1. The number of hydrogen-bond donors (Lipinski definition) is 1. The summed E-state index contributed by atoms with van der Waals surface area (Å²) in [5, 5.41) is 3.91. The van der Waals surface area contributed by atoms with Crippen molar-refractivity contribution >= 4 is 35.0 Å². The number of halogens is 2. The monoisotopic (exact) mass is 540 g/mol. The predicted octanol–water partition coefficient (Wildman–Crippen LogP) is 6.54. The number of carbonyl (C=O) groups is 2. The van der Waals surface area contributed by atoms with Crippen LogP contribution in [0.5, 0.6) is 5.75 Å². The molecule has 0 unspecified atom stereocenters. The van der Waals surface area contributed by atoms with Crippen molar-refractivity contribution < 1.29 is 14.3 Å². The summed E-state index contributed by atoms with van der Waals surface area (Å²) in [6.07, 6.45) is 1.10. The highest BCUT2D eigenvalue weighted by Gasteiger charge is 2.32. The number of aryl methyl sites for hydroxylation is 2. The maximum absolute atomic E-state index is 13.7. The molecule has 0 spiro atoms.